The van der Waals surface area contributed by atoms with Crippen molar-refractivity contribution >= 4 is 40.0 Å². The Morgan fingerprint density at radius 1 is 1.03 bits per heavy atom. The van der Waals surface area contributed by atoms with Crippen LogP contribution in [0.2, 0.25) is 0 Å². The van der Waals surface area contributed by atoms with Crippen molar-refractivity contribution in [3.63, 3.8) is 0 Å². The van der Waals surface area contributed by atoms with Gasteiger partial charge in [0.2, 0.25) is 10.0 Å². The lowest BCUT2D eigenvalue weighted by molar-refractivity contribution is 0.188. The average Bonchev–Trinajstić information content (AvgIpc) is 2.69. The van der Waals surface area contributed by atoms with E-state index >= 15 is 0 Å². The highest BCUT2D eigenvalue weighted by molar-refractivity contribution is 14.0. The maximum atomic E-state index is 12.2. The van der Waals surface area contributed by atoms with Crippen molar-refractivity contribution in [3.8, 4) is 0 Å². The summed E-state index contributed by atoms with van der Waals surface area (Å²) in [4.78, 5) is 7.31. The number of sulfonamides is 1. The van der Waals surface area contributed by atoms with E-state index < -0.39 is 10.0 Å². The molecule has 2 aliphatic rings. The molecule has 2 heterocycles. The molecule has 0 bridgehead atoms. The van der Waals surface area contributed by atoms with E-state index in [4.69, 9.17) is 4.99 Å². The van der Waals surface area contributed by atoms with Crippen molar-refractivity contribution in [2.45, 2.75) is 65.3 Å². The Balaban J connectivity index is 0.00000420. The molecule has 2 N–H and O–H groups in total. The summed E-state index contributed by atoms with van der Waals surface area (Å²) in [6, 6.07) is 0.290. The van der Waals surface area contributed by atoms with E-state index in [9.17, 15) is 8.42 Å². The number of aliphatic imine (C=N–C) groups is 1. The van der Waals surface area contributed by atoms with Crippen LogP contribution in [-0.4, -0.2) is 81.2 Å². The Morgan fingerprint density at radius 3 is 2.24 bits per heavy atom. The van der Waals surface area contributed by atoms with Crippen LogP contribution < -0.4 is 10.6 Å². The van der Waals surface area contributed by atoms with Gasteiger partial charge in [-0.3, -0.25) is 4.99 Å². The summed E-state index contributed by atoms with van der Waals surface area (Å²) < 4.78 is 26.1. The van der Waals surface area contributed by atoms with Gasteiger partial charge >= 0.3 is 0 Å². The lowest BCUT2D eigenvalue weighted by Gasteiger charge is -2.32. The van der Waals surface area contributed by atoms with E-state index in [2.05, 4.69) is 29.4 Å². The van der Waals surface area contributed by atoms with Gasteiger partial charge in [0, 0.05) is 32.2 Å². The lowest BCUT2D eigenvalue weighted by atomic mass is 9.94. The Labute approximate surface area is 195 Å². The van der Waals surface area contributed by atoms with Crippen LogP contribution in [0.25, 0.3) is 0 Å². The van der Waals surface area contributed by atoms with Crippen molar-refractivity contribution in [2.75, 3.05) is 51.6 Å². The zero-order valence-electron chi connectivity index (χ0n) is 18.5. The zero-order chi connectivity index (χ0) is 20.4. The minimum absolute atomic E-state index is 0. The van der Waals surface area contributed by atoms with E-state index in [1.165, 1.54) is 25.9 Å². The maximum Gasteiger partial charge on any atom is 0.214 e. The summed E-state index contributed by atoms with van der Waals surface area (Å²) >= 11 is 0. The molecule has 29 heavy (non-hydrogen) atoms. The van der Waals surface area contributed by atoms with Gasteiger partial charge in [0.25, 0.3) is 0 Å². The number of guanidine groups is 1. The maximum absolute atomic E-state index is 12.2. The molecule has 2 saturated heterocycles. The molecule has 0 atom stereocenters. The van der Waals surface area contributed by atoms with Crippen LogP contribution in [0.5, 0.6) is 0 Å². The number of likely N-dealkylation sites (tertiary alicyclic amines) is 1. The molecular formula is C20H42IN5O2S. The largest absolute Gasteiger partial charge is 0.357 e. The fourth-order valence-corrected chi connectivity index (χ4v) is 5.67. The fourth-order valence-electron chi connectivity index (χ4n) is 4.13. The lowest BCUT2D eigenvalue weighted by Crippen LogP contribution is -2.50. The second-order valence-corrected chi connectivity index (χ2v) is 10.1. The molecule has 0 unspecified atom stereocenters. The van der Waals surface area contributed by atoms with Gasteiger partial charge in [-0.05, 0) is 71.0 Å². The molecule has 2 rings (SSSR count). The van der Waals surface area contributed by atoms with E-state index in [1.807, 2.05) is 6.92 Å². The highest BCUT2D eigenvalue weighted by atomic mass is 127. The van der Waals surface area contributed by atoms with E-state index in [1.54, 1.807) is 4.31 Å². The van der Waals surface area contributed by atoms with Crippen LogP contribution in [0.3, 0.4) is 0 Å². The van der Waals surface area contributed by atoms with Gasteiger partial charge in [-0.2, -0.15) is 0 Å². The van der Waals surface area contributed by atoms with Crippen molar-refractivity contribution in [1.29, 1.82) is 0 Å². The normalized spacial score (nSPS) is 21.0. The first-order chi connectivity index (χ1) is 13.5. The predicted molar refractivity (Wildman–Crippen MR) is 133 cm³/mol. The average molecular weight is 544 g/mol. The summed E-state index contributed by atoms with van der Waals surface area (Å²) in [7, 11) is -3.07. The SMILES string of the molecule is CCCS(=O)(=O)N1CCC(NC(=NCCC2CCN(CC)CC2)NCC)CC1.I. The Kier molecular flexibility index (Phi) is 13.0. The highest BCUT2D eigenvalue weighted by Gasteiger charge is 2.27. The Morgan fingerprint density at radius 2 is 1.69 bits per heavy atom. The predicted octanol–water partition coefficient (Wildman–Crippen LogP) is 2.49. The van der Waals surface area contributed by atoms with Crippen molar-refractivity contribution in [1.82, 2.24) is 19.8 Å². The van der Waals surface area contributed by atoms with Crippen LogP contribution in [-0.2, 0) is 10.0 Å². The summed E-state index contributed by atoms with van der Waals surface area (Å²) in [5.41, 5.74) is 0. The molecule has 9 heteroatoms. The van der Waals surface area contributed by atoms with E-state index in [0.717, 1.165) is 50.8 Å². The van der Waals surface area contributed by atoms with Crippen molar-refractivity contribution < 1.29 is 8.42 Å². The second-order valence-electron chi connectivity index (χ2n) is 8.06. The Bertz CT molecular complexity index is 571. The fraction of sp³-hybridized carbons (Fsp3) is 0.950. The number of nitrogens with zero attached hydrogens (tertiary/aromatic N) is 3. The smallest absolute Gasteiger partial charge is 0.214 e. The Hall–Kier alpha value is -0.130. The third-order valence-electron chi connectivity index (χ3n) is 5.96. The summed E-state index contributed by atoms with van der Waals surface area (Å²) in [6.07, 6.45) is 6.08. The number of nitrogens with one attached hydrogen (secondary N) is 2. The molecule has 0 spiro atoms. The summed E-state index contributed by atoms with van der Waals surface area (Å²) in [5, 5.41) is 6.87. The van der Waals surface area contributed by atoms with Gasteiger partial charge < -0.3 is 15.5 Å². The quantitative estimate of drug-likeness (QED) is 0.266. The van der Waals surface area contributed by atoms with Gasteiger partial charge in [0.15, 0.2) is 5.96 Å². The number of hydrogen-bond donors (Lipinski definition) is 2. The first-order valence-corrected chi connectivity index (χ1v) is 12.8. The van der Waals surface area contributed by atoms with E-state index in [0.29, 0.717) is 25.6 Å². The molecule has 0 amide bonds. The van der Waals surface area contributed by atoms with Crippen molar-refractivity contribution in [2.24, 2.45) is 10.9 Å². The monoisotopic (exact) mass is 543 g/mol. The highest BCUT2D eigenvalue weighted by Crippen LogP contribution is 2.20. The van der Waals surface area contributed by atoms with Gasteiger partial charge in [-0.1, -0.05) is 13.8 Å². The second kappa shape index (κ2) is 14.0. The number of rotatable bonds is 9. The number of hydrogen-bond acceptors (Lipinski definition) is 4. The van der Waals surface area contributed by atoms with Gasteiger partial charge in [-0.25, -0.2) is 12.7 Å². The van der Waals surface area contributed by atoms with E-state index in [-0.39, 0.29) is 29.7 Å². The van der Waals surface area contributed by atoms with Crippen LogP contribution in [0.4, 0.5) is 0 Å². The zero-order valence-corrected chi connectivity index (χ0v) is 21.7. The third kappa shape index (κ3) is 9.26. The van der Waals surface area contributed by atoms with Crippen LogP contribution in [0.15, 0.2) is 4.99 Å². The van der Waals surface area contributed by atoms with Gasteiger partial charge in [0.1, 0.15) is 0 Å². The molecule has 2 aliphatic heterocycles. The molecule has 0 aromatic heterocycles. The molecule has 7 nitrogen and oxygen atoms in total. The third-order valence-corrected chi connectivity index (χ3v) is 8.03. The van der Waals surface area contributed by atoms with Crippen LogP contribution in [0.1, 0.15) is 59.3 Å². The molecule has 2 fully saturated rings. The van der Waals surface area contributed by atoms with Crippen molar-refractivity contribution in [3.05, 3.63) is 0 Å². The standard InChI is InChI=1S/C20H41N5O2S.HI/c1-4-17-28(26,27)25-15-10-19(11-16-25)23-20(21-5-2)22-12-7-18-8-13-24(6-3)14-9-18;/h18-19H,4-17H2,1-3H3,(H2,21,22,23);1H. The molecule has 0 aliphatic carbocycles. The van der Waals surface area contributed by atoms with Gasteiger partial charge in [0.05, 0.1) is 5.75 Å². The van der Waals surface area contributed by atoms with Crippen LogP contribution >= 0.6 is 24.0 Å². The van der Waals surface area contributed by atoms with Gasteiger partial charge in [-0.15, -0.1) is 24.0 Å². The summed E-state index contributed by atoms with van der Waals surface area (Å²) in [5.74, 6) is 1.93. The molecule has 172 valence electrons. The number of piperidine rings is 2. The van der Waals surface area contributed by atoms with Crippen LogP contribution in [0, 0.1) is 5.92 Å². The minimum Gasteiger partial charge on any atom is -0.357 e. The molecule has 0 aromatic carbocycles. The molecular weight excluding hydrogens is 501 g/mol. The first kappa shape index (κ1) is 26.9. The number of halogens is 1. The molecule has 0 aromatic rings. The first-order valence-electron chi connectivity index (χ1n) is 11.2. The molecule has 0 radical (unpaired) electrons. The molecule has 0 saturated carbocycles. The summed E-state index contributed by atoms with van der Waals surface area (Å²) in [6.45, 7) is 12.8. The minimum atomic E-state index is -3.07. The topological polar surface area (TPSA) is 77.0 Å².